The Morgan fingerprint density at radius 1 is 1.27 bits per heavy atom. The highest BCUT2D eigenvalue weighted by Crippen LogP contribution is 2.61. The van der Waals surface area contributed by atoms with Crippen LogP contribution in [0.4, 0.5) is 0 Å². The van der Waals surface area contributed by atoms with Crippen LogP contribution in [0.25, 0.3) is 0 Å². The van der Waals surface area contributed by atoms with E-state index in [0.717, 1.165) is 30.6 Å². The van der Waals surface area contributed by atoms with Gasteiger partial charge in [-0.05, 0) is 37.3 Å². The number of carbonyl (C=O) groups excluding carboxylic acids is 2. The molecule has 4 atom stereocenters. The number of unbranched alkanes of at least 4 members (excludes halogenated alkanes) is 1. The molecular weight excluding hydrogens is 296 g/mol. The Morgan fingerprint density at radius 2 is 2.00 bits per heavy atom. The SMILES string of the molecule is CCCCSC=C1CC2OC(=O)C3(C)CCCC(C)(C1=O)C23. The van der Waals surface area contributed by atoms with Gasteiger partial charge in [0.25, 0.3) is 0 Å². The second-order valence-electron chi connectivity index (χ2n) is 7.51. The van der Waals surface area contributed by atoms with Crippen molar-refractivity contribution in [1.82, 2.24) is 0 Å². The Labute approximate surface area is 137 Å². The van der Waals surface area contributed by atoms with Gasteiger partial charge in [0.1, 0.15) is 6.10 Å². The van der Waals surface area contributed by atoms with Crippen LogP contribution in [-0.2, 0) is 14.3 Å². The Balaban J connectivity index is 1.88. The number of hydrogen-bond acceptors (Lipinski definition) is 4. The third-order valence-electron chi connectivity index (χ3n) is 5.93. The largest absolute Gasteiger partial charge is 0.461 e. The van der Waals surface area contributed by atoms with Crippen molar-refractivity contribution in [2.24, 2.45) is 16.7 Å². The van der Waals surface area contributed by atoms with Crippen molar-refractivity contribution < 1.29 is 14.3 Å². The van der Waals surface area contributed by atoms with Gasteiger partial charge in [0.15, 0.2) is 5.78 Å². The molecule has 0 aromatic heterocycles. The summed E-state index contributed by atoms with van der Waals surface area (Å²) in [5.74, 6) is 1.30. The molecule has 122 valence electrons. The Bertz CT molecular complexity index is 526. The van der Waals surface area contributed by atoms with Crippen LogP contribution in [0.1, 0.15) is 59.3 Å². The summed E-state index contributed by atoms with van der Waals surface area (Å²) < 4.78 is 5.71. The predicted molar refractivity (Wildman–Crippen MR) is 88.5 cm³/mol. The maximum Gasteiger partial charge on any atom is 0.312 e. The number of rotatable bonds is 4. The average Bonchev–Trinajstić information content (AvgIpc) is 2.73. The van der Waals surface area contributed by atoms with Gasteiger partial charge in [-0.15, -0.1) is 11.8 Å². The van der Waals surface area contributed by atoms with Crippen LogP contribution in [-0.4, -0.2) is 23.6 Å². The molecule has 0 spiro atoms. The summed E-state index contributed by atoms with van der Waals surface area (Å²) in [5, 5.41) is 2.04. The molecule has 0 aromatic rings. The van der Waals surface area contributed by atoms with Crippen molar-refractivity contribution in [2.75, 3.05) is 5.75 Å². The van der Waals surface area contributed by atoms with Gasteiger partial charge >= 0.3 is 5.97 Å². The van der Waals surface area contributed by atoms with Crippen LogP contribution >= 0.6 is 11.8 Å². The fourth-order valence-electron chi connectivity index (χ4n) is 4.81. The number of carbonyl (C=O) groups is 2. The van der Waals surface area contributed by atoms with Crippen molar-refractivity contribution in [3.05, 3.63) is 11.0 Å². The van der Waals surface area contributed by atoms with E-state index in [1.807, 2.05) is 12.3 Å². The van der Waals surface area contributed by atoms with Crippen LogP contribution in [0.5, 0.6) is 0 Å². The summed E-state index contributed by atoms with van der Waals surface area (Å²) in [6.07, 6.45) is 5.53. The maximum atomic E-state index is 13.1. The van der Waals surface area contributed by atoms with Crippen LogP contribution < -0.4 is 0 Å². The van der Waals surface area contributed by atoms with Gasteiger partial charge in [-0.1, -0.05) is 26.7 Å². The van der Waals surface area contributed by atoms with Gasteiger partial charge in [0.05, 0.1) is 5.41 Å². The molecule has 22 heavy (non-hydrogen) atoms. The van der Waals surface area contributed by atoms with E-state index in [0.29, 0.717) is 6.42 Å². The molecule has 3 fully saturated rings. The molecule has 4 unspecified atom stereocenters. The monoisotopic (exact) mass is 322 g/mol. The number of ketones is 1. The van der Waals surface area contributed by atoms with Crippen molar-refractivity contribution in [3.63, 3.8) is 0 Å². The predicted octanol–water partition coefficient (Wildman–Crippen LogP) is 4.11. The Hall–Kier alpha value is -0.770. The van der Waals surface area contributed by atoms with E-state index in [1.54, 1.807) is 11.8 Å². The maximum absolute atomic E-state index is 13.1. The lowest BCUT2D eigenvalue weighted by Gasteiger charge is -2.49. The molecular formula is C18H26O3S. The minimum absolute atomic E-state index is 0.0616. The lowest BCUT2D eigenvalue weighted by atomic mass is 9.50. The van der Waals surface area contributed by atoms with Crippen molar-refractivity contribution in [3.8, 4) is 0 Å². The number of Topliss-reactive ketones (excluding diaryl/α,β-unsaturated/α-hetero) is 1. The summed E-state index contributed by atoms with van der Waals surface area (Å²) >= 11 is 1.73. The van der Waals surface area contributed by atoms with E-state index in [1.165, 1.54) is 12.8 Å². The first-order valence-corrected chi connectivity index (χ1v) is 9.55. The highest BCUT2D eigenvalue weighted by atomic mass is 32.2. The van der Waals surface area contributed by atoms with E-state index in [2.05, 4.69) is 13.8 Å². The molecule has 1 aliphatic heterocycles. The van der Waals surface area contributed by atoms with E-state index in [-0.39, 0.29) is 23.8 Å². The molecule has 1 saturated heterocycles. The Morgan fingerprint density at radius 3 is 2.73 bits per heavy atom. The zero-order chi connectivity index (χ0) is 16.0. The Kier molecular flexibility index (Phi) is 4.17. The van der Waals surface area contributed by atoms with Gasteiger partial charge in [0.2, 0.25) is 0 Å². The molecule has 4 heteroatoms. The molecule has 0 aromatic carbocycles. The topological polar surface area (TPSA) is 43.4 Å². The smallest absolute Gasteiger partial charge is 0.312 e. The summed E-state index contributed by atoms with van der Waals surface area (Å²) in [7, 11) is 0. The fourth-order valence-corrected chi connectivity index (χ4v) is 5.78. The van der Waals surface area contributed by atoms with Crippen LogP contribution in [0.15, 0.2) is 11.0 Å². The van der Waals surface area contributed by atoms with E-state index >= 15 is 0 Å². The number of thioether (sulfide) groups is 1. The van der Waals surface area contributed by atoms with Crippen molar-refractivity contribution in [1.29, 1.82) is 0 Å². The molecule has 1 heterocycles. The zero-order valence-electron chi connectivity index (χ0n) is 13.8. The molecule has 0 bridgehead atoms. The lowest BCUT2D eigenvalue weighted by molar-refractivity contribution is -0.148. The van der Waals surface area contributed by atoms with Crippen LogP contribution in [0.3, 0.4) is 0 Å². The molecule has 0 N–H and O–H groups in total. The normalized spacial score (nSPS) is 42.4. The summed E-state index contributed by atoms with van der Waals surface area (Å²) in [6, 6.07) is 0. The lowest BCUT2D eigenvalue weighted by Crippen LogP contribution is -2.54. The summed E-state index contributed by atoms with van der Waals surface area (Å²) in [5.41, 5.74) is 0.0109. The van der Waals surface area contributed by atoms with Crippen molar-refractivity contribution in [2.45, 2.75) is 65.4 Å². The first kappa shape index (κ1) is 16.1. The third kappa shape index (κ3) is 2.26. The van der Waals surface area contributed by atoms with Gasteiger partial charge in [-0.2, -0.15) is 0 Å². The number of esters is 1. The van der Waals surface area contributed by atoms with E-state index < -0.39 is 10.8 Å². The van der Waals surface area contributed by atoms with Gasteiger partial charge < -0.3 is 4.74 Å². The summed E-state index contributed by atoms with van der Waals surface area (Å²) in [6.45, 7) is 6.25. The van der Waals surface area contributed by atoms with Crippen LogP contribution in [0, 0.1) is 16.7 Å². The quantitative estimate of drug-likeness (QED) is 0.444. The van der Waals surface area contributed by atoms with E-state index in [4.69, 9.17) is 4.74 Å². The van der Waals surface area contributed by atoms with E-state index in [9.17, 15) is 9.59 Å². The highest BCUT2D eigenvalue weighted by Gasteiger charge is 2.66. The van der Waals surface area contributed by atoms with Crippen LogP contribution in [0.2, 0.25) is 0 Å². The van der Waals surface area contributed by atoms with Crippen molar-refractivity contribution >= 4 is 23.5 Å². The first-order chi connectivity index (χ1) is 10.4. The second kappa shape index (κ2) is 5.70. The molecule has 3 aliphatic rings. The minimum Gasteiger partial charge on any atom is -0.461 e. The molecule has 3 rings (SSSR count). The number of hydrogen-bond donors (Lipinski definition) is 0. The number of ether oxygens (including phenoxy) is 1. The first-order valence-electron chi connectivity index (χ1n) is 8.50. The molecule has 0 amide bonds. The van der Waals surface area contributed by atoms with Gasteiger partial charge in [-0.25, -0.2) is 0 Å². The summed E-state index contributed by atoms with van der Waals surface area (Å²) in [4.78, 5) is 25.4. The van der Waals surface area contributed by atoms with Gasteiger partial charge in [-0.3, -0.25) is 9.59 Å². The molecule has 2 aliphatic carbocycles. The molecule has 0 radical (unpaired) electrons. The standard InChI is InChI=1S/C18H26O3S/c1-4-5-9-22-11-12-10-13-14-17(2,15(12)19)7-6-8-18(14,3)16(20)21-13/h11,13-14H,4-10H2,1-3H3. The third-order valence-corrected chi connectivity index (χ3v) is 6.91. The zero-order valence-corrected chi connectivity index (χ0v) is 14.6. The average molecular weight is 322 g/mol. The second-order valence-corrected chi connectivity index (χ2v) is 8.49. The molecule has 2 saturated carbocycles. The van der Waals surface area contributed by atoms with Gasteiger partial charge in [0, 0.05) is 23.3 Å². The highest BCUT2D eigenvalue weighted by molar-refractivity contribution is 8.02. The minimum atomic E-state index is -0.450. The fraction of sp³-hybridized carbons (Fsp3) is 0.778. The molecule has 3 nitrogen and oxygen atoms in total.